The Morgan fingerprint density at radius 3 is 2.18 bits per heavy atom. The molecule has 5 heteroatoms. The van der Waals surface area contributed by atoms with E-state index < -0.39 is 3.79 Å². The molecule has 66 valence electrons. The molecule has 0 aliphatic heterocycles. The van der Waals surface area contributed by atoms with Gasteiger partial charge in [-0.2, -0.15) is 0 Å². The molecule has 0 rings (SSSR count). The number of carbonyl (C=O) groups is 1. The molecule has 0 aromatic heterocycles. The highest BCUT2D eigenvalue weighted by atomic mass is 35.6. The van der Waals surface area contributed by atoms with Crippen LogP contribution in [0.25, 0.3) is 0 Å². The van der Waals surface area contributed by atoms with Crippen molar-refractivity contribution in [2.45, 2.75) is 17.6 Å². The average molecular weight is 219 g/mol. The van der Waals surface area contributed by atoms with E-state index >= 15 is 0 Å². The fourth-order valence-electron chi connectivity index (χ4n) is 0.320. The van der Waals surface area contributed by atoms with E-state index in [4.69, 9.17) is 34.8 Å². The second-order valence-electron chi connectivity index (χ2n) is 2.38. The number of halogens is 3. The highest BCUT2D eigenvalue weighted by Gasteiger charge is 2.22. The van der Waals surface area contributed by atoms with Crippen LogP contribution in [-0.4, -0.2) is 16.4 Å². The first-order valence-electron chi connectivity index (χ1n) is 3.06. The zero-order valence-electron chi connectivity index (χ0n) is 6.23. The lowest BCUT2D eigenvalue weighted by Gasteiger charge is -2.12. The van der Waals surface area contributed by atoms with Crippen molar-refractivity contribution in [2.75, 3.05) is 6.61 Å². The molecule has 0 radical (unpaired) electrons. The van der Waals surface area contributed by atoms with Crippen LogP contribution in [0.15, 0.2) is 0 Å². The number of alkyl halides is 3. The summed E-state index contributed by atoms with van der Waals surface area (Å²) in [6.07, 6.45) is 0. The third kappa shape index (κ3) is 6.73. The molecule has 0 saturated heterocycles. The summed E-state index contributed by atoms with van der Waals surface area (Å²) in [4.78, 5) is 10.8. The minimum Gasteiger partial charge on any atom is -0.461 e. The predicted octanol–water partition coefficient (Wildman–Crippen LogP) is 2.56. The van der Waals surface area contributed by atoms with Crippen LogP contribution in [0.3, 0.4) is 0 Å². The molecule has 0 aromatic rings. The molecule has 0 atom stereocenters. The largest absolute Gasteiger partial charge is 0.461 e. The first kappa shape index (κ1) is 11.3. The molecule has 0 spiro atoms. The van der Waals surface area contributed by atoms with Crippen LogP contribution in [0.4, 0.5) is 0 Å². The molecule has 0 heterocycles. The third-order valence-corrected chi connectivity index (χ3v) is 1.18. The number of rotatable bonds is 2. The predicted molar refractivity (Wildman–Crippen MR) is 46.1 cm³/mol. The summed E-state index contributed by atoms with van der Waals surface area (Å²) in [5, 5.41) is 0. The van der Waals surface area contributed by atoms with E-state index in [1.165, 1.54) is 0 Å². The van der Waals surface area contributed by atoms with E-state index in [1.807, 2.05) is 0 Å². The Hall–Kier alpha value is 0.340. The minimum atomic E-state index is -1.51. The van der Waals surface area contributed by atoms with Gasteiger partial charge in [0.1, 0.15) is 6.61 Å². The van der Waals surface area contributed by atoms with Crippen LogP contribution in [0.5, 0.6) is 0 Å². The Morgan fingerprint density at radius 2 is 1.91 bits per heavy atom. The second kappa shape index (κ2) is 4.39. The molecule has 11 heavy (non-hydrogen) atoms. The quantitative estimate of drug-likeness (QED) is 0.527. The van der Waals surface area contributed by atoms with Gasteiger partial charge in [-0.05, 0) is 0 Å². The van der Waals surface area contributed by atoms with Crippen molar-refractivity contribution in [1.29, 1.82) is 0 Å². The van der Waals surface area contributed by atoms with Gasteiger partial charge in [-0.3, -0.25) is 4.79 Å². The molecule has 0 amide bonds. The van der Waals surface area contributed by atoms with Gasteiger partial charge in [0.15, 0.2) is 0 Å². The van der Waals surface area contributed by atoms with Crippen molar-refractivity contribution in [3.8, 4) is 0 Å². The Morgan fingerprint density at radius 1 is 1.45 bits per heavy atom. The van der Waals surface area contributed by atoms with Crippen LogP contribution in [-0.2, 0) is 9.53 Å². The van der Waals surface area contributed by atoms with Gasteiger partial charge in [0, 0.05) is 0 Å². The summed E-state index contributed by atoms with van der Waals surface area (Å²) in [5.74, 6) is -0.557. The standard InChI is InChI=1S/C6H9Cl3O2/c1-4(2)5(10)11-3-6(7,8)9/h4H,3H2,1-2H3. The van der Waals surface area contributed by atoms with Gasteiger partial charge in [0.2, 0.25) is 3.79 Å². The van der Waals surface area contributed by atoms with Crippen molar-refractivity contribution in [3.05, 3.63) is 0 Å². The van der Waals surface area contributed by atoms with E-state index in [9.17, 15) is 4.79 Å². The average Bonchev–Trinajstić information content (AvgIpc) is 1.80. The summed E-state index contributed by atoms with van der Waals surface area (Å²) in [6.45, 7) is 3.22. The molecule has 0 bridgehead atoms. The van der Waals surface area contributed by atoms with Crippen molar-refractivity contribution in [1.82, 2.24) is 0 Å². The summed E-state index contributed by atoms with van der Waals surface area (Å²) >= 11 is 16.0. The number of hydrogen-bond donors (Lipinski definition) is 0. The summed E-state index contributed by atoms with van der Waals surface area (Å²) in [6, 6.07) is 0. The van der Waals surface area contributed by atoms with E-state index in [1.54, 1.807) is 13.8 Å². The van der Waals surface area contributed by atoms with E-state index in [0.717, 1.165) is 0 Å². The molecular formula is C6H9Cl3O2. The fraction of sp³-hybridized carbons (Fsp3) is 0.833. The van der Waals surface area contributed by atoms with Crippen molar-refractivity contribution < 1.29 is 9.53 Å². The van der Waals surface area contributed by atoms with Crippen molar-refractivity contribution in [2.24, 2.45) is 5.92 Å². The summed E-state index contributed by atoms with van der Waals surface area (Å²) < 4.78 is 3.12. The summed E-state index contributed by atoms with van der Waals surface area (Å²) in [5.41, 5.74) is 0. The summed E-state index contributed by atoms with van der Waals surface area (Å²) in [7, 11) is 0. The van der Waals surface area contributed by atoms with Crippen LogP contribution in [0, 0.1) is 5.92 Å². The Balaban J connectivity index is 3.64. The maximum atomic E-state index is 10.8. The smallest absolute Gasteiger partial charge is 0.308 e. The first-order valence-corrected chi connectivity index (χ1v) is 4.19. The number of ether oxygens (including phenoxy) is 1. The van der Waals surface area contributed by atoms with Gasteiger partial charge in [-0.25, -0.2) is 0 Å². The molecule has 0 unspecified atom stereocenters. The first-order chi connectivity index (χ1) is 4.83. The zero-order valence-corrected chi connectivity index (χ0v) is 8.50. The molecule has 0 fully saturated rings. The number of carbonyl (C=O) groups excluding carboxylic acids is 1. The maximum absolute atomic E-state index is 10.8. The monoisotopic (exact) mass is 218 g/mol. The highest BCUT2D eigenvalue weighted by Crippen LogP contribution is 2.26. The fourth-order valence-corrected chi connectivity index (χ4v) is 0.483. The van der Waals surface area contributed by atoms with Gasteiger partial charge in [-0.15, -0.1) is 0 Å². The Kier molecular flexibility index (Phi) is 4.52. The Bertz CT molecular complexity index is 139. The van der Waals surface area contributed by atoms with Gasteiger partial charge in [0.05, 0.1) is 5.92 Å². The second-order valence-corrected chi connectivity index (χ2v) is 4.89. The third-order valence-electron chi connectivity index (χ3n) is 0.849. The van der Waals surface area contributed by atoms with E-state index in [0.29, 0.717) is 0 Å². The van der Waals surface area contributed by atoms with Gasteiger partial charge < -0.3 is 4.74 Å². The van der Waals surface area contributed by atoms with Crippen LogP contribution >= 0.6 is 34.8 Å². The van der Waals surface area contributed by atoms with Gasteiger partial charge in [-0.1, -0.05) is 48.7 Å². The normalized spacial score (nSPS) is 11.8. The zero-order chi connectivity index (χ0) is 9.07. The molecular weight excluding hydrogens is 210 g/mol. The lowest BCUT2D eigenvalue weighted by Crippen LogP contribution is -2.20. The van der Waals surface area contributed by atoms with Crippen LogP contribution in [0.2, 0.25) is 0 Å². The topological polar surface area (TPSA) is 26.3 Å². The number of hydrogen-bond acceptors (Lipinski definition) is 2. The van der Waals surface area contributed by atoms with E-state index in [2.05, 4.69) is 4.74 Å². The maximum Gasteiger partial charge on any atom is 0.308 e. The van der Waals surface area contributed by atoms with Gasteiger partial charge in [0.25, 0.3) is 0 Å². The van der Waals surface area contributed by atoms with Gasteiger partial charge >= 0.3 is 5.97 Å². The van der Waals surface area contributed by atoms with Crippen LogP contribution in [0.1, 0.15) is 13.8 Å². The van der Waals surface area contributed by atoms with Crippen LogP contribution < -0.4 is 0 Å². The lowest BCUT2D eigenvalue weighted by molar-refractivity contribution is -0.147. The molecule has 0 aromatic carbocycles. The van der Waals surface area contributed by atoms with Crippen molar-refractivity contribution in [3.63, 3.8) is 0 Å². The Labute approximate surface area is 80.7 Å². The van der Waals surface area contributed by atoms with Crippen molar-refractivity contribution >= 4 is 40.8 Å². The molecule has 0 aliphatic carbocycles. The molecule has 0 aliphatic rings. The highest BCUT2D eigenvalue weighted by molar-refractivity contribution is 6.67. The molecule has 0 saturated carbocycles. The molecule has 0 N–H and O–H groups in total. The lowest BCUT2D eigenvalue weighted by atomic mass is 10.2. The minimum absolute atomic E-state index is 0.192. The molecule has 2 nitrogen and oxygen atoms in total. The van der Waals surface area contributed by atoms with E-state index in [-0.39, 0.29) is 18.5 Å². The number of esters is 1. The SMILES string of the molecule is CC(C)C(=O)OCC(Cl)(Cl)Cl.